The van der Waals surface area contributed by atoms with E-state index in [1.54, 1.807) is 32.4 Å². The number of ether oxygens (including phenoxy) is 4. The summed E-state index contributed by atoms with van der Waals surface area (Å²) in [7, 11) is 3.16. The summed E-state index contributed by atoms with van der Waals surface area (Å²) >= 11 is 1.03. The van der Waals surface area contributed by atoms with Crippen LogP contribution in [0.4, 0.5) is 0 Å². The number of thioether (sulfide) groups is 1. The van der Waals surface area contributed by atoms with Crippen LogP contribution in [0.2, 0.25) is 0 Å². The Hall–Kier alpha value is -4.44. The monoisotopic (exact) mass is 603 g/mol. The molecule has 4 rings (SSSR count). The molecule has 0 aliphatic rings. The summed E-state index contributed by atoms with van der Waals surface area (Å²) in [4.78, 5) is 12.4. The predicted octanol–water partition coefficient (Wildman–Crippen LogP) is 7.10. The summed E-state index contributed by atoms with van der Waals surface area (Å²) in [6.07, 6.45) is 1.59. The zero-order chi connectivity index (χ0) is 31.1. The summed E-state index contributed by atoms with van der Waals surface area (Å²) in [6, 6.07) is 15.1. The van der Waals surface area contributed by atoms with Crippen molar-refractivity contribution in [1.29, 1.82) is 0 Å². The molecule has 3 aromatic carbocycles. The summed E-state index contributed by atoms with van der Waals surface area (Å²) in [5.74, 6) is 1.85. The van der Waals surface area contributed by atoms with Crippen LogP contribution in [-0.4, -0.2) is 46.7 Å². The number of carbonyl (C=O) groups is 1. The molecular weight excluding hydrogens is 566 g/mol. The highest BCUT2D eigenvalue weighted by Crippen LogP contribution is 2.35. The van der Waals surface area contributed by atoms with E-state index in [0.29, 0.717) is 59.3 Å². The Kier molecular flexibility index (Phi) is 10.4. The maximum absolute atomic E-state index is 12.3. The Balaban J connectivity index is 1.62. The van der Waals surface area contributed by atoms with Crippen LogP contribution in [0.3, 0.4) is 0 Å². The molecule has 0 saturated heterocycles. The molecule has 0 fully saturated rings. The molecule has 0 spiro atoms. The maximum Gasteiger partial charge on any atom is 0.342 e. The van der Waals surface area contributed by atoms with E-state index in [9.17, 15) is 9.90 Å². The zero-order valence-electron chi connectivity index (χ0n) is 25.6. The normalized spacial score (nSPS) is 11.4. The molecule has 1 heterocycles. The van der Waals surface area contributed by atoms with E-state index in [1.807, 2.05) is 42.7 Å². The van der Waals surface area contributed by atoms with Crippen molar-refractivity contribution in [2.24, 2.45) is 0 Å². The second-order valence-electron chi connectivity index (χ2n) is 9.87. The van der Waals surface area contributed by atoms with E-state index < -0.39 is 5.97 Å². The van der Waals surface area contributed by atoms with Crippen LogP contribution in [0, 0.1) is 20.8 Å². The summed E-state index contributed by atoms with van der Waals surface area (Å²) in [5, 5.41) is 19.2. The highest BCUT2D eigenvalue weighted by atomic mass is 32.2. The molecular formula is C33H37N3O6S. The van der Waals surface area contributed by atoms with Gasteiger partial charge in [-0.3, -0.25) is 0 Å². The molecule has 1 N–H and O–H groups in total. The highest BCUT2D eigenvalue weighted by molar-refractivity contribution is 8.04. The van der Waals surface area contributed by atoms with E-state index >= 15 is 0 Å². The fourth-order valence-electron chi connectivity index (χ4n) is 4.77. The molecule has 43 heavy (non-hydrogen) atoms. The standard InChI is InChI=1S/C33H37N3O6S/c1-8-36-31(24-16-25(39-6)18-26(17-24)40-7)34-35-33(36)43-30(32(37)38)15-23-10-11-28(29(14-23)41-9-2)42-19-27-21(4)12-20(3)13-22(27)5/h10-18H,8-9,19H2,1-7H3,(H,37,38)/b30-15-. The van der Waals surface area contributed by atoms with Gasteiger partial charge >= 0.3 is 5.97 Å². The van der Waals surface area contributed by atoms with Gasteiger partial charge < -0.3 is 28.6 Å². The number of hydrogen-bond donors (Lipinski definition) is 1. The van der Waals surface area contributed by atoms with Crippen molar-refractivity contribution in [3.8, 4) is 34.4 Å². The van der Waals surface area contributed by atoms with Gasteiger partial charge in [0.25, 0.3) is 0 Å². The van der Waals surface area contributed by atoms with Crippen molar-refractivity contribution in [2.75, 3.05) is 20.8 Å². The molecule has 1 aromatic heterocycles. The lowest BCUT2D eigenvalue weighted by Gasteiger charge is -2.16. The number of methoxy groups -OCH3 is 2. The molecule has 0 bridgehead atoms. The van der Waals surface area contributed by atoms with Gasteiger partial charge in [-0.1, -0.05) is 23.8 Å². The smallest absolute Gasteiger partial charge is 0.342 e. The van der Waals surface area contributed by atoms with Crippen LogP contribution in [0.25, 0.3) is 17.5 Å². The average Bonchev–Trinajstić information content (AvgIpc) is 3.39. The fourth-order valence-corrected chi connectivity index (χ4v) is 5.66. The van der Waals surface area contributed by atoms with Gasteiger partial charge in [0, 0.05) is 18.2 Å². The molecule has 226 valence electrons. The first kappa shape index (κ1) is 31.5. The number of hydrogen-bond acceptors (Lipinski definition) is 8. The van der Waals surface area contributed by atoms with Crippen molar-refractivity contribution in [3.63, 3.8) is 0 Å². The third-order valence-corrected chi connectivity index (χ3v) is 7.83. The summed E-state index contributed by atoms with van der Waals surface area (Å²) < 4.78 is 24.7. The minimum Gasteiger partial charge on any atom is -0.497 e. The number of aryl methyl sites for hydroxylation is 3. The maximum atomic E-state index is 12.3. The van der Waals surface area contributed by atoms with Crippen LogP contribution in [0.15, 0.2) is 58.6 Å². The molecule has 4 aromatic rings. The van der Waals surface area contributed by atoms with E-state index in [0.717, 1.165) is 22.9 Å². The van der Waals surface area contributed by atoms with Gasteiger partial charge in [0.15, 0.2) is 22.5 Å². The van der Waals surface area contributed by atoms with Gasteiger partial charge in [0.2, 0.25) is 0 Å². The van der Waals surface area contributed by atoms with Gasteiger partial charge in [-0.25, -0.2) is 4.79 Å². The van der Waals surface area contributed by atoms with Crippen LogP contribution < -0.4 is 18.9 Å². The van der Waals surface area contributed by atoms with E-state index in [-0.39, 0.29) is 4.91 Å². The number of carboxylic acid groups (broad SMARTS) is 1. The minimum absolute atomic E-state index is 0.0823. The molecule has 0 atom stereocenters. The van der Waals surface area contributed by atoms with Gasteiger partial charge in [-0.05, 0) is 99.0 Å². The predicted molar refractivity (Wildman–Crippen MR) is 168 cm³/mol. The molecule has 0 amide bonds. The SMILES string of the molecule is CCOc1cc(/C=C(\Sc2nnc(-c3cc(OC)cc(OC)c3)n2CC)C(=O)O)ccc1OCc1c(C)cc(C)cc1C. The molecule has 10 heteroatoms. The number of aromatic nitrogens is 3. The molecule has 0 radical (unpaired) electrons. The second-order valence-corrected chi connectivity index (χ2v) is 10.9. The average molecular weight is 604 g/mol. The topological polar surface area (TPSA) is 105 Å². The Morgan fingerprint density at radius 2 is 1.58 bits per heavy atom. The lowest BCUT2D eigenvalue weighted by molar-refractivity contribution is -0.131. The Labute approximate surface area is 256 Å². The summed E-state index contributed by atoms with van der Waals surface area (Å²) in [5.41, 5.74) is 6.09. The molecule has 0 aliphatic heterocycles. The first-order valence-electron chi connectivity index (χ1n) is 13.9. The fraction of sp³-hybridized carbons (Fsp3) is 0.303. The Morgan fingerprint density at radius 3 is 2.16 bits per heavy atom. The van der Waals surface area contributed by atoms with Gasteiger partial charge in [-0.2, -0.15) is 0 Å². The second kappa shape index (κ2) is 14.2. The van der Waals surface area contributed by atoms with E-state index in [2.05, 4.69) is 43.1 Å². The van der Waals surface area contributed by atoms with Crippen LogP contribution in [0.5, 0.6) is 23.0 Å². The molecule has 9 nitrogen and oxygen atoms in total. The minimum atomic E-state index is -1.08. The number of nitrogens with zero attached hydrogens (tertiary/aromatic N) is 3. The van der Waals surface area contributed by atoms with Crippen LogP contribution >= 0.6 is 11.8 Å². The number of carboxylic acids is 1. The highest BCUT2D eigenvalue weighted by Gasteiger charge is 2.20. The molecule has 0 saturated carbocycles. The van der Waals surface area contributed by atoms with Gasteiger partial charge in [0.1, 0.15) is 23.0 Å². The van der Waals surface area contributed by atoms with E-state index in [1.165, 1.54) is 16.7 Å². The molecule has 0 aliphatic carbocycles. The van der Waals surface area contributed by atoms with Crippen molar-refractivity contribution < 1.29 is 28.8 Å². The third kappa shape index (κ3) is 7.50. The number of aliphatic carboxylic acids is 1. The van der Waals surface area contributed by atoms with Crippen molar-refractivity contribution in [1.82, 2.24) is 14.8 Å². The Morgan fingerprint density at radius 1 is 0.907 bits per heavy atom. The first-order chi connectivity index (χ1) is 20.7. The van der Waals surface area contributed by atoms with Gasteiger partial charge in [0.05, 0.1) is 20.8 Å². The Bertz CT molecular complexity index is 1600. The number of benzene rings is 3. The molecule has 0 unspecified atom stereocenters. The lowest BCUT2D eigenvalue weighted by Crippen LogP contribution is -2.04. The van der Waals surface area contributed by atoms with Crippen molar-refractivity contribution >= 4 is 23.8 Å². The quantitative estimate of drug-likeness (QED) is 0.126. The van der Waals surface area contributed by atoms with E-state index in [4.69, 9.17) is 18.9 Å². The van der Waals surface area contributed by atoms with Gasteiger partial charge in [-0.15, -0.1) is 10.2 Å². The van der Waals surface area contributed by atoms with Crippen LogP contribution in [-0.2, 0) is 17.9 Å². The lowest BCUT2D eigenvalue weighted by atomic mass is 10.0. The third-order valence-electron chi connectivity index (χ3n) is 6.83. The number of rotatable bonds is 13. The largest absolute Gasteiger partial charge is 0.497 e. The van der Waals surface area contributed by atoms with Crippen LogP contribution in [0.1, 0.15) is 41.7 Å². The zero-order valence-corrected chi connectivity index (χ0v) is 26.4. The summed E-state index contributed by atoms with van der Waals surface area (Å²) in [6.45, 7) is 11.4. The van der Waals surface area contributed by atoms with Crippen molar-refractivity contribution in [2.45, 2.75) is 52.9 Å². The first-order valence-corrected chi connectivity index (χ1v) is 14.7. The van der Waals surface area contributed by atoms with Crippen molar-refractivity contribution in [3.05, 3.63) is 81.3 Å².